The maximum absolute atomic E-state index is 12.0. The van der Waals surface area contributed by atoms with Gasteiger partial charge in [-0.2, -0.15) is 0 Å². The van der Waals surface area contributed by atoms with Crippen molar-refractivity contribution in [1.82, 2.24) is 0 Å². The number of rotatable bonds is 7. The molecule has 2 N–H and O–H groups in total. The average Bonchev–Trinajstić information content (AvgIpc) is 2.47. The Bertz CT molecular complexity index is 658. The number of hydrogen-bond donors (Lipinski definition) is 2. The first-order chi connectivity index (χ1) is 11.4. The molecular weight excluding hydrogens is 300 g/mol. The van der Waals surface area contributed by atoms with Crippen LogP contribution in [0.5, 0.6) is 5.75 Å². The summed E-state index contributed by atoms with van der Waals surface area (Å²) < 4.78 is 5.61. The largest absolute Gasteiger partial charge is 0.491 e. The zero-order chi connectivity index (χ0) is 17.5. The first-order valence-electron chi connectivity index (χ1n) is 8.31. The Kier molecular flexibility index (Phi) is 6.24. The van der Waals surface area contributed by atoms with Gasteiger partial charge in [0.25, 0.3) is 0 Å². The van der Waals surface area contributed by atoms with E-state index in [1.165, 1.54) is 0 Å². The fourth-order valence-corrected chi connectivity index (χ4v) is 2.51. The van der Waals surface area contributed by atoms with Crippen molar-refractivity contribution < 1.29 is 9.53 Å². The monoisotopic (exact) mass is 326 g/mol. The summed E-state index contributed by atoms with van der Waals surface area (Å²) in [5.74, 6) is 0.857. The summed E-state index contributed by atoms with van der Waals surface area (Å²) in [6.45, 7) is 8.63. The van der Waals surface area contributed by atoms with Crippen molar-refractivity contribution in [3.8, 4) is 5.75 Å². The van der Waals surface area contributed by atoms with E-state index in [-0.39, 0.29) is 12.0 Å². The van der Waals surface area contributed by atoms with Gasteiger partial charge in [0.1, 0.15) is 5.75 Å². The van der Waals surface area contributed by atoms with Gasteiger partial charge in [0, 0.05) is 24.3 Å². The summed E-state index contributed by atoms with van der Waals surface area (Å²) in [5, 5.41) is 6.19. The highest BCUT2D eigenvalue weighted by Crippen LogP contribution is 2.17. The quantitative estimate of drug-likeness (QED) is 0.786. The molecule has 0 bridgehead atoms. The minimum atomic E-state index is 0.00672. The van der Waals surface area contributed by atoms with Crippen LogP contribution in [0.4, 0.5) is 11.4 Å². The van der Waals surface area contributed by atoms with Crippen molar-refractivity contribution in [3.05, 3.63) is 53.6 Å². The molecule has 2 aromatic carbocycles. The molecule has 0 aromatic heterocycles. The topological polar surface area (TPSA) is 50.4 Å². The standard InChI is InChI=1S/C20H26N2O2/c1-14(2)24-19-7-5-17(6-8-19)21-10-9-20(23)22-18-12-15(3)11-16(4)13-18/h5-8,11-14,21H,9-10H2,1-4H3,(H,22,23). The zero-order valence-corrected chi connectivity index (χ0v) is 14.8. The highest BCUT2D eigenvalue weighted by Gasteiger charge is 2.04. The number of hydrogen-bond acceptors (Lipinski definition) is 3. The average molecular weight is 326 g/mol. The Morgan fingerprint density at radius 3 is 2.21 bits per heavy atom. The van der Waals surface area contributed by atoms with Gasteiger partial charge >= 0.3 is 0 Å². The number of amides is 1. The maximum atomic E-state index is 12.0. The van der Waals surface area contributed by atoms with E-state index in [1.807, 2.05) is 64.1 Å². The van der Waals surface area contributed by atoms with Crippen LogP contribution in [0.1, 0.15) is 31.4 Å². The number of nitrogens with one attached hydrogen (secondary N) is 2. The Morgan fingerprint density at radius 2 is 1.62 bits per heavy atom. The summed E-state index contributed by atoms with van der Waals surface area (Å²) in [5.41, 5.74) is 4.12. The minimum absolute atomic E-state index is 0.00672. The van der Waals surface area contributed by atoms with Crippen LogP contribution in [0.2, 0.25) is 0 Å². The number of carbonyl (C=O) groups is 1. The number of benzene rings is 2. The molecule has 0 aliphatic rings. The fourth-order valence-electron chi connectivity index (χ4n) is 2.51. The molecule has 0 aliphatic carbocycles. The summed E-state index contributed by atoms with van der Waals surface area (Å²) in [6, 6.07) is 13.8. The maximum Gasteiger partial charge on any atom is 0.226 e. The third-order valence-electron chi connectivity index (χ3n) is 3.41. The Labute approximate surface area is 144 Å². The Hall–Kier alpha value is -2.49. The van der Waals surface area contributed by atoms with Gasteiger partial charge in [-0.3, -0.25) is 4.79 Å². The van der Waals surface area contributed by atoms with Gasteiger partial charge in [-0.1, -0.05) is 6.07 Å². The highest BCUT2D eigenvalue weighted by molar-refractivity contribution is 5.91. The minimum Gasteiger partial charge on any atom is -0.491 e. The molecule has 0 spiro atoms. The van der Waals surface area contributed by atoms with E-state index in [0.717, 1.165) is 28.3 Å². The lowest BCUT2D eigenvalue weighted by molar-refractivity contribution is -0.115. The van der Waals surface area contributed by atoms with E-state index >= 15 is 0 Å². The Balaban J connectivity index is 1.78. The van der Waals surface area contributed by atoms with Crippen LogP contribution in [-0.4, -0.2) is 18.6 Å². The van der Waals surface area contributed by atoms with Crippen LogP contribution < -0.4 is 15.4 Å². The van der Waals surface area contributed by atoms with Crippen LogP contribution in [-0.2, 0) is 4.79 Å². The molecule has 2 rings (SSSR count). The molecule has 4 heteroatoms. The Morgan fingerprint density at radius 1 is 1.00 bits per heavy atom. The second kappa shape index (κ2) is 8.39. The molecule has 1 amide bonds. The summed E-state index contributed by atoms with van der Waals surface area (Å²) in [7, 11) is 0. The lowest BCUT2D eigenvalue weighted by Crippen LogP contribution is -2.16. The van der Waals surface area contributed by atoms with Crippen LogP contribution in [0.25, 0.3) is 0 Å². The van der Waals surface area contributed by atoms with Gasteiger partial charge in [0.2, 0.25) is 5.91 Å². The molecule has 2 aromatic rings. The van der Waals surface area contributed by atoms with Gasteiger partial charge < -0.3 is 15.4 Å². The van der Waals surface area contributed by atoms with Crippen molar-refractivity contribution in [2.45, 2.75) is 40.2 Å². The lowest BCUT2D eigenvalue weighted by Gasteiger charge is -2.11. The zero-order valence-electron chi connectivity index (χ0n) is 14.8. The SMILES string of the molecule is Cc1cc(C)cc(NC(=O)CCNc2ccc(OC(C)C)cc2)c1. The number of ether oxygens (including phenoxy) is 1. The van der Waals surface area contributed by atoms with Gasteiger partial charge in [-0.25, -0.2) is 0 Å². The third-order valence-corrected chi connectivity index (χ3v) is 3.41. The summed E-state index contributed by atoms with van der Waals surface area (Å²) >= 11 is 0. The molecule has 0 saturated carbocycles. The smallest absolute Gasteiger partial charge is 0.226 e. The van der Waals surface area contributed by atoms with Gasteiger partial charge in [0.05, 0.1) is 6.10 Å². The van der Waals surface area contributed by atoms with Gasteiger partial charge in [-0.05, 0) is 75.2 Å². The van der Waals surface area contributed by atoms with Crippen molar-refractivity contribution in [3.63, 3.8) is 0 Å². The van der Waals surface area contributed by atoms with E-state index < -0.39 is 0 Å². The predicted molar refractivity (Wildman–Crippen MR) is 99.9 cm³/mol. The second-order valence-electron chi connectivity index (χ2n) is 6.29. The van der Waals surface area contributed by atoms with Crippen molar-refractivity contribution in [2.75, 3.05) is 17.2 Å². The van der Waals surface area contributed by atoms with Gasteiger partial charge in [-0.15, -0.1) is 0 Å². The normalized spacial score (nSPS) is 10.5. The van der Waals surface area contributed by atoms with Gasteiger partial charge in [0.15, 0.2) is 0 Å². The third kappa shape index (κ3) is 5.95. The van der Waals surface area contributed by atoms with Crippen LogP contribution in [0, 0.1) is 13.8 Å². The van der Waals surface area contributed by atoms with E-state index in [0.29, 0.717) is 13.0 Å². The van der Waals surface area contributed by atoms with Crippen molar-refractivity contribution in [2.24, 2.45) is 0 Å². The fraction of sp³-hybridized carbons (Fsp3) is 0.350. The molecule has 0 fully saturated rings. The van der Waals surface area contributed by atoms with Crippen LogP contribution in [0.3, 0.4) is 0 Å². The summed E-state index contributed by atoms with van der Waals surface area (Å²) in [4.78, 5) is 12.0. The van der Waals surface area contributed by atoms with Crippen molar-refractivity contribution in [1.29, 1.82) is 0 Å². The molecule has 0 aliphatic heterocycles. The van der Waals surface area contributed by atoms with Crippen molar-refractivity contribution >= 4 is 17.3 Å². The van der Waals surface area contributed by atoms with E-state index in [9.17, 15) is 4.79 Å². The molecule has 4 nitrogen and oxygen atoms in total. The molecule has 0 atom stereocenters. The molecule has 24 heavy (non-hydrogen) atoms. The number of anilines is 2. The lowest BCUT2D eigenvalue weighted by atomic mass is 10.1. The molecule has 0 unspecified atom stereocenters. The molecular formula is C20H26N2O2. The van der Waals surface area contributed by atoms with E-state index in [2.05, 4.69) is 16.7 Å². The van der Waals surface area contributed by atoms with Crippen LogP contribution >= 0.6 is 0 Å². The number of carbonyl (C=O) groups excluding carboxylic acids is 1. The van der Waals surface area contributed by atoms with E-state index in [4.69, 9.17) is 4.74 Å². The molecule has 0 saturated heterocycles. The first-order valence-corrected chi connectivity index (χ1v) is 8.31. The number of aryl methyl sites for hydroxylation is 2. The van der Waals surface area contributed by atoms with E-state index in [1.54, 1.807) is 0 Å². The predicted octanol–water partition coefficient (Wildman–Crippen LogP) is 4.53. The second-order valence-corrected chi connectivity index (χ2v) is 6.29. The molecule has 0 radical (unpaired) electrons. The molecule has 0 heterocycles. The highest BCUT2D eigenvalue weighted by atomic mass is 16.5. The molecule has 128 valence electrons. The first kappa shape index (κ1) is 17.9. The summed E-state index contributed by atoms with van der Waals surface area (Å²) in [6.07, 6.45) is 0.579. The van der Waals surface area contributed by atoms with Crippen LogP contribution in [0.15, 0.2) is 42.5 Å².